The monoisotopic (exact) mass is 808 g/mol. The molecular weight excluding hydrogens is 753 g/mol. The fraction of sp³-hybridized carbons (Fsp3) is 0.212. The van der Waals surface area contributed by atoms with E-state index >= 15 is 0 Å². The number of aryl methyl sites for hydroxylation is 2. The summed E-state index contributed by atoms with van der Waals surface area (Å²) in [5, 5.41) is 0. The third kappa shape index (κ3) is 19.0. The number of ether oxygens (including phenoxy) is 3. The summed E-state index contributed by atoms with van der Waals surface area (Å²) in [4.78, 5) is 51.2. The molecule has 0 amide bonds. The normalized spacial score (nSPS) is 10.3. The molecule has 7 rings (SSSR count). The fourth-order valence-electron chi connectivity index (χ4n) is 4.87. The van der Waals surface area contributed by atoms with E-state index in [-0.39, 0.29) is 12.2 Å². The fourth-order valence-corrected chi connectivity index (χ4v) is 4.87. The standard InChI is InChI=1S/C11H14O.C10H12O.C8H6O3.C8H8O2.C8H8O.C7H8/c1-11(2,3)10-6-4-9(8-12)5-7-10;1-8(2)10-5-3-9(7-11)4-6-10;9-4-6-1-2-7-8(3-6)11-5-10-7;1-10-8-4-2-7(6-9)3-5-8;1-7-2-4-8(6-9)5-3-7;1-7-5-3-2-4-6-7/h4-8H,1-3H3;3-8H,1-2H3;1-4H,5H2;2-6H,1H3;2-6H,1H3;2-6H,1H3. The van der Waals surface area contributed by atoms with Gasteiger partial charge < -0.3 is 14.2 Å². The van der Waals surface area contributed by atoms with Crippen LogP contribution in [0.2, 0.25) is 0 Å². The zero-order chi connectivity index (χ0) is 44.3. The Kier molecular flexibility index (Phi) is 22.1. The first-order chi connectivity index (χ1) is 28.8. The van der Waals surface area contributed by atoms with Gasteiger partial charge in [0.1, 0.15) is 37.2 Å². The van der Waals surface area contributed by atoms with Crippen LogP contribution in [-0.4, -0.2) is 45.3 Å². The molecule has 0 bridgehead atoms. The molecule has 8 nitrogen and oxygen atoms in total. The highest BCUT2D eigenvalue weighted by molar-refractivity contribution is 5.77. The van der Waals surface area contributed by atoms with E-state index in [2.05, 4.69) is 53.7 Å². The highest BCUT2D eigenvalue weighted by Gasteiger charge is 2.13. The molecule has 1 aliphatic heterocycles. The van der Waals surface area contributed by atoms with Gasteiger partial charge in [0.15, 0.2) is 11.5 Å². The molecule has 0 saturated carbocycles. The largest absolute Gasteiger partial charge is 0.497 e. The Balaban J connectivity index is 0.000000250. The Morgan fingerprint density at radius 1 is 0.500 bits per heavy atom. The molecule has 0 radical (unpaired) electrons. The molecular formula is C52H56O8. The van der Waals surface area contributed by atoms with Crippen LogP contribution in [0.25, 0.3) is 0 Å². The Bertz CT molecular complexity index is 2150. The maximum absolute atomic E-state index is 10.4. The first kappa shape index (κ1) is 49.2. The molecule has 0 atom stereocenters. The van der Waals surface area contributed by atoms with Gasteiger partial charge in [0.05, 0.1) is 7.11 Å². The van der Waals surface area contributed by atoms with Crippen LogP contribution >= 0.6 is 0 Å². The van der Waals surface area contributed by atoms with E-state index in [0.29, 0.717) is 28.5 Å². The average molecular weight is 809 g/mol. The second-order valence-electron chi connectivity index (χ2n) is 14.7. The first-order valence-electron chi connectivity index (χ1n) is 19.3. The quantitative estimate of drug-likeness (QED) is 0.147. The van der Waals surface area contributed by atoms with Gasteiger partial charge in [-0.2, -0.15) is 0 Å². The number of benzene rings is 6. The average Bonchev–Trinajstić information content (AvgIpc) is 3.76. The molecule has 0 spiro atoms. The molecule has 0 unspecified atom stereocenters. The van der Waals surface area contributed by atoms with Crippen molar-refractivity contribution in [3.8, 4) is 17.2 Å². The molecule has 0 aromatic heterocycles. The van der Waals surface area contributed by atoms with Gasteiger partial charge in [0, 0.05) is 27.8 Å². The lowest BCUT2D eigenvalue weighted by molar-refractivity contribution is 0.111. The van der Waals surface area contributed by atoms with E-state index in [4.69, 9.17) is 14.2 Å². The van der Waals surface area contributed by atoms with Crippen molar-refractivity contribution >= 4 is 31.4 Å². The number of hydrogen-bond acceptors (Lipinski definition) is 8. The molecule has 312 valence electrons. The van der Waals surface area contributed by atoms with Crippen LogP contribution in [0.15, 0.2) is 146 Å². The number of methoxy groups -OCH3 is 1. The molecule has 6 aromatic carbocycles. The van der Waals surface area contributed by atoms with Crippen LogP contribution in [0.1, 0.15) is 115 Å². The predicted molar refractivity (Wildman–Crippen MR) is 241 cm³/mol. The molecule has 8 heteroatoms. The van der Waals surface area contributed by atoms with Crippen LogP contribution in [-0.2, 0) is 5.41 Å². The van der Waals surface area contributed by atoms with Crippen molar-refractivity contribution in [3.63, 3.8) is 0 Å². The molecule has 0 aliphatic carbocycles. The smallest absolute Gasteiger partial charge is 0.231 e. The summed E-state index contributed by atoms with van der Waals surface area (Å²) < 4.78 is 15.0. The van der Waals surface area contributed by atoms with Gasteiger partial charge in [-0.3, -0.25) is 24.0 Å². The summed E-state index contributed by atoms with van der Waals surface area (Å²) in [6.07, 6.45) is 4.16. The summed E-state index contributed by atoms with van der Waals surface area (Å²) >= 11 is 0. The van der Waals surface area contributed by atoms with Gasteiger partial charge in [0.25, 0.3) is 0 Å². The van der Waals surface area contributed by atoms with E-state index in [1.54, 1.807) is 49.6 Å². The second kappa shape index (κ2) is 26.9. The van der Waals surface area contributed by atoms with Gasteiger partial charge in [-0.25, -0.2) is 0 Å². The zero-order valence-electron chi connectivity index (χ0n) is 35.8. The van der Waals surface area contributed by atoms with Crippen LogP contribution in [0.3, 0.4) is 0 Å². The van der Waals surface area contributed by atoms with Crippen LogP contribution in [0, 0.1) is 13.8 Å². The van der Waals surface area contributed by atoms with E-state index in [1.165, 1.54) is 22.3 Å². The third-order valence-corrected chi connectivity index (χ3v) is 8.59. The Morgan fingerprint density at radius 3 is 1.30 bits per heavy atom. The van der Waals surface area contributed by atoms with Crippen molar-refractivity contribution in [2.24, 2.45) is 0 Å². The van der Waals surface area contributed by atoms with Gasteiger partial charge >= 0.3 is 0 Å². The number of aldehydes is 5. The number of fused-ring (bicyclic) bond motifs is 1. The minimum Gasteiger partial charge on any atom is -0.497 e. The maximum Gasteiger partial charge on any atom is 0.231 e. The SMILES string of the molecule is CC(C)(C)c1ccc(C=O)cc1.CC(C)c1ccc(C=O)cc1.COc1ccc(C=O)cc1.Cc1ccc(C=O)cc1.Cc1ccccc1.O=Cc1ccc2c(c1)OCO2. The van der Waals surface area contributed by atoms with Crippen LogP contribution in [0.5, 0.6) is 17.2 Å². The number of hydrogen-bond donors (Lipinski definition) is 0. The maximum atomic E-state index is 10.4. The Morgan fingerprint density at radius 2 is 0.900 bits per heavy atom. The molecule has 1 heterocycles. The molecule has 1 aliphatic rings. The van der Waals surface area contributed by atoms with Crippen molar-refractivity contribution in [1.82, 2.24) is 0 Å². The third-order valence-electron chi connectivity index (χ3n) is 8.59. The van der Waals surface area contributed by atoms with E-state index in [1.807, 2.05) is 97.9 Å². The summed E-state index contributed by atoms with van der Waals surface area (Å²) in [5.74, 6) is 2.66. The first-order valence-corrected chi connectivity index (χ1v) is 19.3. The number of carbonyl (C=O) groups excluding carboxylic acids is 5. The summed E-state index contributed by atoms with van der Waals surface area (Å²) in [7, 11) is 1.59. The topological polar surface area (TPSA) is 113 Å². The number of rotatable bonds is 7. The van der Waals surface area contributed by atoms with Crippen LogP contribution in [0.4, 0.5) is 0 Å². The molecule has 0 N–H and O–H groups in total. The lowest BCUT2D eigenvalue weighted by Crippen LogP contribution is -2.10. The van der Waals surface area contributed by atoms with E-state index < -0.39 is 0 Å². The van der Waals surface area contributed by atoms with Gasteiger partial charge in [0.2, 0.25) is 6.79 Å². The highest BCUT2D eigenvalue weighted by atomic mass is 16.7. The summed E-state index contributed by atoms with van der Waals surface area (Å²) in [6.45, 7) is 15.1. The zero-order valence-corrected chi connectivity index (χ0v) is 35.8. The van der Waals surface area contributed by atoms with Crippen molar-refractivity contribution in [3.05, 3.63) is 196 Å². The molecule has 60 heavy (non-hydrogen) atoms. The Hall–Kier alpha value is -6.93. The van der Waals surface area contributed by atoms with Gasteiger partial charge in [-0.05, 0) is 78.8 Å². The minimum absolute atomic E-state index is 0.168. The van der Waals surface area contributed by atoms with Gasteiger partial charge in [-0.1, -0.05) is 149 Å². The van der Waals surface area contributed by atoms with E-state index in [0.717, 1.165) is 53.9 Å². The Labute approximate surface area is 355 Å². The van der Waals surface area contributed by atoms with Gasteiger partial charge in [-0.15, -0.1) is 0 Å². The molecule has 0 saturated heterocycles. The van der Waals surface area contributed by atoms with Crippen molar-refractivity contribution in [2.45, 2.75) is 59.8 Å². The van der Waals surface area contributed by atoms with Crippen molar-refractivity contribution < 1.29 is 38.2 Å². The summed E-state index contributed by atoms with van der Waals surface area (Å²) in [6, 6.07) is 45.1. The number of carbonyl (C=O) groups is 5. The lowest BCUT2D eigenvalue weighted by atomic mass is 9.87. The van der Waals surface area contributed by atoms with Crippen molar-refractivity contribution in [2.75, 3.05) is 13.9 Å². The molecule has 0 fully saturated rings. The molecule has 6 aromatic rings. The second-order valence-corrected chi connectivity index (χ2v) is 14.7. The van der Waals surface area contributed by atoms with Crippen LogP contribution < -0.4 is 14.2 Å². The predicted octanol–water partition coefficient (Wildman–Crippen LogP) is 12.0. The highest BCUT2D eigenvalue weighted by Crippen LogP contribution is 2.32. The minimum atomic E-state index is 0.168. The van der Waals surface area contributed by atoms with Crippen molar-refractivity contribution in [1.29, 1.82) is 0 Å². The summed E-state index contributed by atoms with van der Waals surface area (Å²) in [5.41, 5.74) is 8.70. The van der Waals surface area contributed by atoms with E-state index in [9.17, 15) is 24.0 Å². The lowest BCUT2D eigenvalue weighted by Gasteiger charge is -2.18.